The van der Waals surface area contributed by atoms with Crippen molar-refractivity contribution in [2.75, 3.05) is 0 Å². The molecule has 0 aliphatic carbocycles. The second-order valence-electron chi connectivity index (χ2n) is 4.03. The van der Waals surface area contributed by atoms with Gasteiger partial charge in [-0.25, -0.2) is 0 Å². The molecule has 1 aromatic carbocycles. The molecular formula is C14H10F3NO. The Labute approximate surface area is 107 Å². The van der Waals surface area contributed by atoms with Crippen molar-refractivity contribution in [3.8, 4) is 0 Å². The molecular weight excluding hydrogens is 255 g/mol. The zero-order valence-corrected chi connectivity index (χ0v) is 9.82. The number of alkyl halides is 3. The summed E-state index contributed by atoms with van der Waals surface area (Å²) in [6, 6.07) is 7.87. The third-order valence-electron chi connectivity index (χ3n) is 2.62. The fraction of sp³-hybridized carbons (Fsp3) is 0.143. The van der Waals surface area contributed by atoms with Gasteiger partial charge in [-0.15, -0.1) is 0 Å². The Balaban J connectivity index is 2.18. The van der Waals surface area contributed by atoms with Gasteiger partial charge in [-0.3, -0.25) is 9.78 Å². The number of hydrogen-bond donors (Lipinski definition) is 0. The zero-order chi connectivity index (χ0) is 13.9. The molecule has 0 amide bonds. The van der Waals surface area contributed by atoms with Gasteiger partial charge >= 0.3 is 6.18 Å². The minimum absolute atomic E-state index is 0.0616. The van der Waals surface area contributed by atoms with Crippen LogP contribution in [0.15, 0.2) is 48.8 Å². The maximum absolute atomic E-state index is 12.5. The van der Waals surface area contributed by atoms with Crippen molar-refractivity contribution < 1.29 is 18.0 Å². The molecule has 0 spiro atoms. The monoisotopic (exact) mass is 265 g/mol. The van der Waals surface area contributed by atoms with E-state index in [1.165, 1.54) is 36.7 Å². The van der Waals surface area contributed by atoms with Crippen LogP contribution in [0.3, 0.4) is 0 Å². The number of ketones is 1. The number of carbonyl (C=O) groups is 1. The van der Waals surface area contributed by atoms with Crippen LogP contribution in [0.4, 0.5) is 13.2 Å². The summed E-state index contributed by atoms with van der Waals surface area (Å²) in [4.78, 5) is 15.6. The SMILES string of the molecule is O=C(Cc1cccc(C(F)(F)F)c1)c1ccncc1. The third-order valence-corrected chi connectivity index (χ3v) is 2.62. The van der Waals surface area contributed by atoms with Crippen LogP contribution in [0, 0.1) is 0 Å². The van der Waals surface area contributed by atoms with Crippen molar-refractivity contribution in [1.29, 1.82) is 0 Å². The van der Waals surface area contributed by atoms with Crippen LogP contribution in [-0.2, 0) is 12.6 Å². The van der Waals surface area contributed by atoms with Gasteiger partial charge in [0.2, 0.25) is 0 Å². The lowest BCUT2D eigenvalue weighted by Crippen LogP contribution is -2.08. The van der Waals surface area contributed by atoms with Crippen molar-refractivity contribution >= 4 is 5.78 Å². The number of halogens is 3. The fourth-order valence-corrected chi connectivity index (χ4v) is 1.68. The van der Waals surface area contributed by atoms with E-state index in [0.717, 1.165) is 12.1 Å². The number of hydrogen-bond acceptors (Lipinski definition) is 2. The van der Waals surface area contributed by atoms with Crippen LogP contribution in [0.25, 0.3) is 0 Å². The molecule has 0 saturated carbocycles. The number of nitrogens with zero attached hydrogens (tertiary/aromatic N) is 1. The van der Waals surface area contributed by atoms with Gasteiger partial charge in [-0.05, 0) is 23.8 Å². The Morgan fingerprint density at radius 2 is 1.79 bits per heavy atom. The molecule has 5 heteroatoms. The Morgan fingerprint density at radius 1 is 1.11 bits per heavy atom. The van der Waals surface area contributed by atoms with E-state index in [9.17, 15) is 18.0 Å². The molecule has 0 aliphatic rings. The Hall–Kier alpha value is -2.17. The summed E-state index contributed by atoms with van der Waals surface area (Å²) in [7, 11) is 0. The van der Waals surface area contributed by atoms with Crippen molar-refractivity contribution in [3.63, 3.8) is 0 Å². The van der Waals surface area contributed by atoms with Crippen LogP contribution in [0.1, 0.15) is 21.5 Å². The highest BCUT2D eigenvalue weighted by atomic mass is 19.4. The average Bonchev–Trinajstić information content (AvgIpc) is 2.39. The minimum atomic E-state index is -4.39. The Kier molecular flexibility index (Phi) is 3.64. The van der Waals surface area contributed by atoms with E-state index in [1.54, 1.807) is 0 Å². The second-order valence-corrected chi connectivity index (χ2v) is 4.03. The van der Waals surface area contributed by atoms with Crippen molar-refractivity contribution in [2.24, 2.45) is 0 Å². The van der Waals surface area contributed by atoms with Crippen LogP contribution in [-0.4, -0.2) is 10.8 Å². The number of carbonyl (C=O) groups excluding carboxylic acids is 1. The molecule has 1 heterocycles. The standard InChI is InChI=1S/C14H10F3NO/c15-14(16,17)12-3-1-2-10(8-12)9-13(19)11-4-6-18-7-5-11/h1-8H,9H2. The highest BCUT2D eigenvalue weighted by Gasteiger charge is 2.30. The lowest BCUT2D eigenvalue weighted by atomic mass is 10.0. The van der Waals surface area contributed by atoms with E-state index in [1.807, 2.05) is 0 Å². The summed E-state index contributed by atoms with van der Waals surface area (Å²) in [6.07, 6.45) is -1.51. The van der Waals surface area contributed by atoms with Crippen LogP contribution in [0.5, 0.6) is 0 Å². The molecule has 98 valence electrons. The molecule has 2 rings (SSSR count). The molecule has 0 atom stereocenters. The van der Waals surface area contributed by atoms with Crippen molar-refractivity contribution in [2.45, 2.75) is 12.6 Å². The van der Waals surface area contributed by atoms with Gasteiger partial charge in [0.25, 0.3) is 0 Å². The molecule has 0 fully saturated rings. The molecule has 2 aromatic rings. The molecule has 0 radical (unpaired) electrons. The van der Waals surface area contributed by atoms with E-state index in [0.29, 0.717) is 11.1 Å². The van der Waals surface area contributed by atoms with Crippen molar-refractivity contribution in [1.82, 2.24) is 4.98 Å². The topological polar surface area (TPSA) is 30.0 Å². The number of Topliss-reactive ketones (excluding diaryl/α,β-unsaturated/α-hetero) is 1. The van der Waals surface area contributed by atoms with E-state index >= 15 is 0 Å². The fourth-order valence-electron chi connectivity index (χ4n) is 1.68. The zero-order valence-electron chi connectivity index (χ0n) is 9.82. The first-order valence-electron chi connectivity index (χ1n) is 5.56. The van der Waals surface area contributed by atoms with Gasteiger partial charge in [0.15, 0.2) is 5.78 Å². The molecule has 0 bridgehead atoms. The third kappa shape index (κ3) is 3.40. The number of pyridine rings is 1. The van der Waals surface area contributed by atoms with Crippen LogP contribution in [0.2, 0.25) is 0 Å². The van der Waals surface area contributed by atoms with E-state index in [-0.39, 0.29) is 12.2 Å². The molecule has 0 N–H and O–H groups in total. The van der Waals surface area contributed by atoms with Gasteiger partial charge < -0.3 is 0 Å². The first kappa shape index (κ1) is 13.3. The molecule has 0 unspecified atom stereocenters. The first-order valence-corrected chi connectivity index (χ1v) is 5.56. The lowest BCUT2D eigenvalue weighted by molar-refractivity contribution is -0.137. The number of aromatic nitrogens is 1. The summed E-state index contributed by atoms with van der Waals surface area (Å²) < 4.78 is 37.6. The van der Waals surface area contributed by atoms with Gasteiger partial charge in [-0.1, -0.05) is 18.2 Å². The van der Waals surface area contributed by atoms with E-state index in [4.69, 9.17) is 0 Å². The highest BCUT2D eigenvalue weighted by molar-refractivity contribution is 5.97. The van der Waals surface area contributed by atoms with E-state index < -0.39 is 11.7 Å². The second kappa shape index (κ2) is 5.22. The quantitative estimate of drug-likeness (QED) is 0.795. The van der Waals surface area contributed by atoms with Crippen LogP contribution >= 0.6 is 0 Å². The van der Waals surface area contributed by atoms with Gasteiger partial charge in [-0.2, -0.15) is 13.2 Å². The molecule has 2 nitrogen and oxygen atoms in total. The first-order chi connectivity index (χ1) is 8.97. The summed E-state index contributed by atoms with van der Waals surface area (Å²) in [5.74, 6) is -0.235. The predicted molar refractivity (Wildman–Crippen MR) is 63.7 cm³/mol. The highest BCUT2D eigenvalue weighted by Crippen LogP contribution is 2.29. The molecule has 0 saturated heterocycles. The van der Waals surface area contributed by atoms with Gasteiger partial charge in [0.1, 0.15) is 0 Å². The summed E-state index contributed by atoms with van der Waals surface area (Å²) >= 11 is 0. The Morgan fingerprint density at radius 3 is 2.42 bits per heavy atom. The summed E-state index contributed by atoms with van der Waals surface area (Å²) in [6.45, 7) is 0. The van der Waals surface area contributed by atoms with Gasteiger partial charge in [0, 0.05) is 24.4 Å². The average molecular weight is 265 g/mol. The molecule has 0 aliphatic heterocycles. The van der Waals surface area contributed by atoms with Gasteiger partial charge in [0.05, 0.1) is 5.56 Å². The molecule has 1 aromatic heterocycles. The lowest BCUT2D eigenvalue weighted by Gasteiger charge is -2.08. The number of benzene rings is 1. The maximum Gasteiger partial charge on any atom is 0.416 e. The van der Waals surface area contributed by atoms with Crippen LogP contribution < -0.4 is 0 Å². The normalized spacial score (nSPS) is 11.3. The largest absolute Gasteiger partial charge is 0.416 e. The number of rotatable bonds is 3. The summed E-state index contributed by atoms with van der Waals surface area (Å²) in [5, 5.41) is 0. The van der Waals surface area contributed by atoms with Crippen molar-refractivity contribution in [3.05, 3.63) is 65.5 Å². The smallest absolute Gasteiger partial charge is 0.294 e. The summed E-state index contributed by atoms with van der Waals surface area (Å²) in [5.41, 5.74) is 0.0385. The van der Waals surface area contributed by atoms with E-state index in [2.05, 4.69) is 4.98 Å². The predicted octanol–water partition coefficient (Wildman–Crippen LogP) is 3.53. The Bertz CT molecular complexity index is 579. The molecule has 19 heavy (non-hydrogen) atoms. The maximum atomic E-state index is 12.5. The minimum Gasteiger partial charge on any atom is -0.294 e.